The van der Waals surface area contributed by atoms with E-state index < -0.39 is 5.67 Å². The van der Waals surface area contributed by atoms with Gasteiger partial charge >= 0.3 is 0 Å². The summed E-state index contributed by atoms with van der Waals surface area (Å²) in [5.74, 6) is -0.0874. The molecule has 0 radical (unpaired) electrons. The number of carbonyl (C=O) groups excluding carboxylic acids is 1. The molecule has 1 saturated heterocycles. The second-order valence-electron chi connectivity index (χ2n) is 9.14. The fraction of sp³-hybridized carbons (Fsp3) is 0.696. The van der Waals surface area contributed by atoms with Crippen molar-refractivity contribution in [1.82, 2.24) is 4.90 Å². The molecule has 3 aliphatic rings. The van der Waals surface area contributed by atoms with Gasteiger partial charge in [-0.1, -0.05) is 12.1 Å². The normalized spacial score (nSPS) is 31.9. The van der Waals surface area contributed by atoms with Gasteiger partial charge in [-0.25, -0.2) is 8.78 Å². The maximum Gasteiger partial charge on any atom is 0.260 e. The predicted molar refractivity (Wildman–Crippen MR) is 108 cm³/mol. The molecule has 1 aromatic rings. The van der Waals surface area contributed by atoms with Crippen LogP contribution in [0.2, 0.25) is 0 Å². The number of carbonyl (C=O) groups is 1. The molecule has 1 heterocycles. The molecule has 1 amide bonds. The molecule has 2 aliphatic carbocycles. The van der Waals surface area contributed by atoms with Gasteiger partial charge in [0, 0.05) is 25.0 Å². The Kier molecular flexibility index (Phi) is 6.21. The van der Waals surface area contributed by atoms with Crippen LogP contribution in [0.25, 0.3) is 0 Å². The fourth-order valence-corrected chi connectivity index (χ4v) is 4.98. The largest absolute Gasteiger partial charge is 0.378 e. The summed E-state index contributed by atoms with van der Waals surface area (Å²) in [5.41, 5.74) is 5.71. The summed E-state index contributed by atoms with van der Waals surface area (Å²) in [6.07, 6.45) is 6.23. The van der Waals surface area contributed by atoms with E-state index in [1.54, 1.807) is 17.0 Å². The molecule has 2 atom stereocenters. The van der Waals surface area contributed by atoms with Gasteiger partial charge in [-0.15, -0.1) is 0 Å². The van der Waals surface area contributed by atoms with Crippen LogP contribution in [0.5, 0.6) is 0 Å². The van der Waals surface area contributed by atoms with Gasteiger partial charge in [0.15, 0.2) is 5.67 Å². The molecule has 2 N–H and O–H groups in total. The van der Waals surface area contributed by atoms with Crippen LogP contribution in [0, 0.1) is 11.7 Å². The van der Waals surface area contributed by atoms with Crippen LogP contribution < -0.4 is 5.73 Å². The van der Waals surface area contributed by atoms with E-state index in [1.807, 2.05) is 6.07 Å². The second kappa shape index (κ2) is 8.68. The number of likely N-dealkylation sites (tertiary alicyclic amines) is 1. The molecular weight excluding hydrogens is 374 g/mol. The minimum absolute atomic E-state index is 0.0142. The molecule has 6 heteroatoms. The minimum atomic E-state index is -1.64. The molecule has 0 bridgehead atoms. The highest BCUT2D eigenvalue weighted by molar-refractivity contribution is 5.86. The Morgan fingerprint density at radius 3 is 2.62 bits per heavy atom. The summed E-state index contributed by atoms with van der Waals surface area (Å²) < 4.78 is 34.1. The summed E-state index contributed by atoms with van der Waals surface area (Å²) in [6.45, 7) is 1.55. The fourth-order valence-electron chi connectivity index (χ4n) is 4.98. The Balaban J connectivity index is 1.25. The van der Waals surface area contributed by atoms with E-state index in [-0.39, 0.29) is 29.8 Å². The monoisotopic (exact) mass is 406 g/mol. The van der Waals surface area contributed by atoms with Crippen molar-refractivity contribution in [2.24, 2.45) is 11.7 Å². The summed E-state index contributed by atoms with van der Waals surface area (Å²) in [6, 6.07) is 6.88. The molecule has 3 fully saturated rings. The highest BCUT2D eigenvalue weighted by atomic mass is 19.1. The highest BCUT2D eigenvalue weighted by Crippen LogP contribution is 2.38. The topological polar surface area (TPSA) is 55.6 Å². The first-order valence-electron chi connectivity index (χ1n) is 11.1. The van der Waals surface area contributed by atoms with Crippen LogP contribution in [-0.4, -0.2) is 48.3 Å². The molecule has 29 heavy (non-hydrogen) atoms. The van der Waals surface area contributed by atoms with Crippen molar-refractivity contribution >= 4 is 5.91 Å². The van der Waals surface area contributed by atoms with Gasteiger partial charge in [-0.3, -0.25) is 4.79 Å². The third kappa shape index (κ3) is 4.64. The molecule has 2 saturated carbocycles. The van der Waals surface area contributed by atoms with Crippen molar-refractivity contribution in [2.75, 3.05) is 19.7 Å². The van der Waals surface area contributed by atoms with Crippen molar-refractivity contribution in [3.63, 3.8) is 0 Å². The molecule has 4 nitrogen and oxygen atoms in total. The van der Waals surface area contributed by atoms with Gasteiger partial charge in [0.1, 0.15) is 5.82 Å². The van der Waals surface area contributed by atoms with Crippen LogP contribution in [0.15, 0.2) is 24.3 Å². The van der Waals surface area contributed by atoms with Crippen LogP contribution in [0.1, 0.15) is 62.8 Å². The first kappa shape index (κ1) is 20.7. The number of hydrogen-bond donors (Lipinski definition) is 1. The number of amides is 1. The number of nitrogens with two attached hydrogens (primary N) is 1. The summed E-state index contributed by atoms with van der Waals surface area (Å²) in [4.78, 5) is 14.2. The zero-order valence-electron chi connectivity index (χ0n) is 17.0. The van der Waals surface area contributed by atoms with Gasteiger partial charge in [0.2, 0.25) is 0 Å². The maximum absolute atomic E-state index is 14.5. The Bertz CT molecular complexity index is 717. The standard InChI is InChI=1S/C23H32F2N2O2/c24-19-4-1-3-17(13-19)16-5-7-20(8-6-16)29-15-18-14-27(12-9-21(18)26)22(28)23(25)10-2-11-23/h1,3-4,13,16,18,20-21H,2,5-12,14-15,26H2/t16?,18?,20?,21-/m0/s1. The molecule has 1 unspecified atom stereocenters. The van der Waals surface area contributed by atoms with Crippen molar-refractivity contribution in [1.29, 1.82) is 0 Å². The van der Waals surface area contributed by atoms with Crippen LogP contribution in [0.3, 0.4) is 0 Å². The van der Waals surface area contributed by atoms with E-state index in [4.69, 9.17) is 10.5 Å². The molecule has 1 aromatic carbocycles. The smallest absolute Gasteiger partial charge is 0.260 e. The number of halogens is 2. The lowest BCUT2D eigenvalue weighted by atomic mass is 9.80. The molecule has 0 spiro atoms. The number of alkyl halides is 1. The summed E-state index contributed by atoms with van der Waals surface area (Å²) in [7, 11) is 0. The minimum Gasteiger partial charge on any atom is -0.378 e. The third-order valence-corrected chi connectivity index (χ3v) is 7.15. The zero-order chi connectivity index (χ0) is 20.4. The van der Waals surface area contributed by atoms with Crippen LogP contribution in [0.4, 0.5) is 8.78 Å². The second-order valence-corrected chi connectivity index (χ2v) is 9.14. The summed E-state index contributed by atoms with van der Waals surface area (Å²) in [5, 5.41) is 0. The molecule has 0 aromatic heterocycles. The van der Waals surface area contributed by atoms with E-state index in [0.717, 1.165) is 37.7 Å². The number of benzene rings is 1. The third-order valence-electron chi connectivity index (χ3n) is 7.15. The predicted octanol–water partition coefficient (Wildman–Crippen LogP) is 3.94. The zero-order valence-corrected chi connectivity index (χ0v) is 17.0. The average molecular weight is 407 g/mol. The Hall–Kier alpha value is -1.53. The maximum atomic E-state index is 14.5. The number of piperidine rings is 1. The Morgan fingerprint density at radius 1 is 1.21 bits per heavy atom. The first-order chi connectivity index (χ1) is 13.9. The van der Waals surface area contributed by atoms with E-state index in [9.17, 15) is 13.6 Å². The van der Waals surface area contributed by atoms with Crippen molar-refractivity contribution in [2.45, 2.75) is 75.1 Å². The Labute approximate surface area is 171 Å². The molecular formula is C23H32F2N2O2. The van der Waals surface area contributed by atoms with E-state index in [0.29, 0.717) is 44.9 Å². The van der Waals surface area contributed by atoms with Crippen molar-refractivity contribution in [3.05, 3.63) is 35.6 Å². The van der Waals surface area contributed by atoms with Crippen LogP contribution in [-0.2, 0) is 9.53 Å². The molecule has 4 rings (SSSR count). The number of hydrogen-bond acceptors (Lipinski definition) is 3. The highest BCUT2D eigenvalue weighted by Gasteiger charge is 2.48. The van der Waals surface area contributed by atoms with Gasteiger partial charge in [0.25, 0.3) is 5.91 Å². The van der Waals surface area contributed by atoms with Crippen molar-refractivity contribution in [3.8, 4) is 0 Å². The van der Waals surface area contributed by atoms with E-state index in [2.05, 4.69) is 0 Å². The molecule has 160 valence electrons. The number of rotatable bonds is 5. The van der Waals surface area contributed by atoms with Gasteiger partial charge in [-0.2, -0.15) is 0 Å². The van der Waals surface area contributed by atoms with E-state index in [1.165, 1.54) is 6.07 Å². The summed E-state index contributed by atoms with van der Waals surface area (Å²) >= 11 is 0. The lowest BCUT2D eigenvalue weighted by Crippen LogP contribution is -2.57. The first-order valence-corrected chi connectivity index (χ1v) is 11.1. The lowest BCUT2D eigenvalue weighted by Gasteiger charge is -2.42. The van der Waals surface area contributed by atoms with Crippen molar-refractivity contribution < 1.29 is 18.3 Å². The van der Waals surface area contributed by atoms with Gasteiger partial charge in [-0.05, 0) is 75.0 Å². The number of nitrogens with zero attached hydrogens (tertiary/aromatic N) is 1. The average Bonchev–Trinajstić information content (AvgIpc) is 2.71. The molecule has 1 aliphatic heterocycles. The lowest BCUT2D eigenvalue weighted by molar-refractivity contribution is -0.152. The quantitative estimate of drug-likeness (QED) is 0.806. The van der Waals surface area contributed by atoms with E-state index >= 15 is 0 Å². The Morgan fingerprint density at radius 2 is 1.97 bits per heavy atom. The SMILES string of the molecule is N[C@H]1CCN(C(=O)C2(F)CCC2)CC1COC1CCC(c2cccc(F)c2)CC1. The van der Waals surface area contributed by atoms with Crippen LogP contribution >= 0.6 is 0 Å². The number of ether oxygens (including phenoxy) is 1. The van der Waals surface area contributed by atoms with Gasteiger partial charge < -0.3 is 15.4 Å². The van der Waals surface area contributed by atoms with Gasteiger partial charge in [0.05, 0.1) is 12.7 Å².